The molecule has 0 aromatic carbocycles. The molecule has 0 amide bonds. The number of rotatable bonds is 11. The third-order valence-corrected chi connectivity index (χ3v) is 3.68. The monoisotopic (exact) mass is 354 g/mol. The first kappa shape index (κ1) is 17.4. The molecule has 0 radical (unpaired) electrons. The first-order valence-corrected chi connectivity index (χ1v) is 7.88. The van der Waals surface area contributed by atoms with Gasteiger partial charge in [0, 0.05) is 3.58 Å². The van der Waals surface area contributed by atoms with Gasteiger partial charge in [0.15, 0.2) is 0 Å². The van der Waals surface area contributed by atoms with Crippen LogP contribution in [0.1, 0.15) is 64.7 Å². The summed E-state index contributed by atoms with van der Waals surface area (Å²) in [4.78, 5) is 0. The van der Waals surface area contributed by atoms with Gasteiger partial charge in [0.2, 0.25) is 0 Å². The lowest BCUT2D eigenvalue weighted by atomic mass is 10.0. The van der Waals surface area contributed by atoms with Crippen molar-refractivity contribution < 1.29 is 10.2 Å². The number of hydrogen-bond acceptors (Lipinski definition) is 2. The van der Waals surface area contributed by atoms with Gasteiger partial charge >= 0.3 is 0 Å². The SMILES string of the molecule is C=C(I)[C@@H](O)[C@H](O)CCCCCCCCCC. The van der Waals surface area contributed by atoms with Crippen LogP contribution in [0.5, 0.6) is 0 Å². The van der Waals surface area contributed by atoms with E-state index in [0.29, 0.717) is 10.0 Å². The molecule has 0 aromatic rings. The minimum Gasteiger partial charge on any atom is -0.390 e. The Morgan fingerprint density at radius 2 is 1.47 bits per heavy atom. The number of hydrogen-bond donors (Lipinski definition) is 2. The molecule has 2 N–H and O–H groups in total. The van der Waals surface area contributed by atoms with Crippen molar-refractivity contribution in [2.24, 2.45) is 0 Å². The van der Waals surface area contributed by atoms with Crippen molar-refractivity contribution >= 4 is 22.6 Å². The first-order chi connectivity index (χ1) is 8.09. The van der Waals surface area contributed by atoms with Crippen LogP contribution in [0.4, 0.5) is 0 Å². The lowest BCUT2D eigenvalue weighted by Gasteiger charge is -2.16. The second-order valence-corrected chi connectivity index (χ2v) is 6.11. The highest BCUT2D eigenvalue weighted by Gasteiger charge is 2.16. The van der Waals surface area contributed by atoms with Gasteiger partial charge in [-0.1, -0.05) is 64.9 Å². The molecule has 0 aromatic heterocycles. The van der Waals surface area contributed by atoms with E-state index in [9.17, 15) is 10.2 Å². The van der Waals surface area contributed by atoms with Crippen LogP contribution < -0.4 is 0 Å². The number of unbranched alkanes of at least 4 members (excludes halogenated alkanes) is 7. The Bertz CT molecular complexity index is 195. The molecule has 0 aliphatic rings. The fourth-order valence-electron chi connectivity index (χ4n) is 1.85. The molecule has 17 heavy (non-hydrogen) atoms. The predicted molar refractivity (Wildman–Crippen MR) is 82.4 cm³/mol. The van der Waals surface area contributed by atoms with Gasteiger partial charge in [0.25, 0.3) is 0 Å². The van der Waals surface area contributed by atoms with E-state index >= 15 is 0 Å². The Balaban J connectivity index is 3.30. The lowest BCUT2D eigenvalue weighted by Crippen LogP contribution is -2.25. The Labute approximate surface area is 120 Å². The summed E-state index contributed by atoms with van der Waals surface area (Å²) in [6.07, 6.45) is 9.32. The normalized spacial score (nSPS) is 14.6. The van der Waals surface area contributed by atoms with E-state index < -0.39 is 12.2 Å². The molecule has 0 rings (SSSR count). The van der Waals surface area contributed by atoms with Crippen molar-refractivity contribution in [2.45, 2.75) is 76.9 Å². The van der Waals surface area contributed by atoms with E-state index in [-0.39, 0.29) is 0 Å². The summed E-state index contributed by atoms with van der Waals surface area (Å²) in [6.45, 7) is 5.87. The molecule has 0 aliphatic carbocycles. The quantitative estimate of drug-likeness (QED) is 0.432. The van der Waals surface area contributed by atoms with Gasteiger partial charge in [-0.2, -0.15) is 0 Å². The molecule has 0 spiro atoms. The van der Waals surface area contributed by atoms with Crippen LogP contribution in [0.3, 0.4) is 0 Å². The van der Waals surface area contributed by atoms with Crippen LogP contribution >= 0.6 is 22.6 Å². The van der Waals surface area contributed by atoms with Gasteiger partial charge in [0.1, 0.15) is 6.10 Å². The Morgan fingerprint density at radius 3 is 1.94 bits per heavy atom. The highest BCUT2D eigenvalue weighted by atomic mass is 127. The second-order valence-electron chi connectivity index (χ2n) is 4.72. The smallest absolute Gasteiger partial charge is 0.110 e. The van der Waals surface area contributed by atoms with Gasteiger partial charge < -0.3 is 10.2 Å². The van der Waals surface area contributed by atoms with E-state index in [1.165, 1.54) is 38.5 Å². The minimum atomic E-state index is -0.764. The van der Waals surface area contributed by atoms with Crippen LogP contribution in [0, 0.1) is 0 Å². The maximum absolute atomic E-state index is 9.65. The Kier molecular flexibility index (Phi) is 11.7. The average molecular weight is 354 g/mol. The summed E-state index contributed by atoms with van der Waals surface area (Å²) >= 11 is 1.97. The average Bonchev–Trinajstić information content (AvgIpc) is 2.31. The molecule has 0 saturated heterocycles. The maximum atomic E-state index is 9.65. The first-order valence-electron chi connectivity index (χ1n) is 6.80. The fraction of sp³-hybridized carbons (Fsp3) is 0.857. The zero-order valence-electron chi connectivity index (χ0n) is 11.0. The topological polar surface area (TPSA) is 40.5 Å². The largest absolute Gasteiger partial charge is 0.390 e. The van der Waals surface area contributed by atoms with Gasteiger partial charge in [-0.3, -0.25) is 0 Å². The van der Waals surface area contributed by atoms with E-state index in [4.69, 9.17) is 0 Å². The molecule has 0 aliphatic heterocycles. The van der Waals surface area contributed by atoms with Gasteiger partial charge in [0.05, 0.1) is 6.10 Å². The zero-order valence-corrected chi connectivity index (χ0v) is 13.2. The van der Waals surface area contributed by atoms with Crippen molar-refractivity contribution in [2.75, 3.05) is 0 Å². The van der Waals surface area contributed by atoms with Crippen molar-refractivity contribution in [3.63, 3.8) is 0 Å². The van der Waals surface area contributed by atoms with Gasteiger partial charge in [-0.05, 0) is 29.0 Å². The fourth-order valence-corrected chi connectivity index (χ4v) is 2.27. The van der Waals surface area contributed by atoms with Gasteiger partial charge in [-0.15, -0.1) is 0 Å². The van der Waals surface area contributed by atoms with E-state index in [1.807, 2.05) is 22.6 Å². The molecule has 0 saturated carbocycles. The molecule has 2 nitrogen and oxygen atoms in total. The molecular formula is C14H27IO2. The minimum absolute atomic E-state index is 0.620. The molecule has 2 atom stereocenters. The molecular weight excluding hydrogens is 327 g/mol. The molecule has 0 fully saturated rings. The van der Waals surface area contributed by atoms with Crippen LogP contribution in [-0.4, -0.2) is 22.4 Å². The third kappa shape index (κ3) is 10.0. The summed E-state index contributed by atoms with van der Waals surface area (Å²) in [5.41, 5.74) is 0. The predicted octanol–water partition coefficient (Wildman–Crippen LogP) is 4.19. The standard InChI is InChI=1S/C14H27IO2/c1-3-4-5-6-7-8-9-10-11-13(16)14(17)12(2)15/h13-14,16-17H,2-11H2,1H3/t13-,14-/m1/s1. The van der Waals surface area contributed by atoms with Crippen molar-refractivity contribution in [1.82, 2.24) is 0 Å². The van der Waals surface area contributed by atoms with E-state index in [2.05, 4.69) is 13.5 Å². The Hall–Kier alpha value is 0.390. The third-order valence-electron chi connectivity index (χ3n) is 3.04. The second kappa shape index (κ2) is 11.5. The molecule has 0 unspecified atom stereocenters. The number of aliphatic hydroxyl groups is 2. The molecule has 0 bridgehead atoms. The van der Waals surface area contributed by atoms with Crippen LogP contribution in [0.25, 0.3) is 0 Å². The molecule has 102 valence electrons. The van der Waals surface area contributed by atoms with Crippen molar-refractivity contribution in [3.05, 3.63) is 10.2 Å². The van der Waals surface area contributed by atoms with E-state index in [1.54, 1.807) is 0 Å². The van der Waals surface area contributed by atoms with Gasteiger partial charge in [-0.25, -0.2) is 0 Å². The van der Waals surface area contributed by atoms with Crippen molar-refractivity contribution in [1.29, 1.82) is 0 Å². The van der Waals surface area contributed by atoms with Crippen LogP contribution in [0.2, 0.25) is 0 Å². The molecule has 3 heteroatoms. The van der Waals surface area contributed by atoms with Crippen LogP contribution in [0.15, 0.2) is 10.2 Å². The lowest BCUT2D eigenvalue weighted by molar-refractivity contribution is 0.0406. The van der Waals surface area contributed by atoms with Crippen LogP contribution in [-0.2, 0) is 0 Å². The highest BCUT2D eigenvalue weighted by Crippen LogP contribution is 2.17. The molecule has 0 heterocycles. The summed E-state index contributed by atoms with van der Waals surface area (Å²) in [5.74, 6) is 0. The zero-order chi connectivity index (χ0) is 13.1. The Morgan fingerprint density at radius 1 is 1.00 bits per heavy atom. The maximum Gasteiger partial charge on any atom is 0.110 e. The summed E-state index contributed by atoms with van der Waals surface area (Å²) in [6, 6.07) is 0. The number of halogens is 1. The summed E-state index contributed by atoms with van der Waals surface area (Å²) < 4.78 is 0.620. The number of aliphatic hydroxyl groups excluding tert-OH is 2. The highest BCUT2D eigenvalue weighted by molar-refractivity contribution is 14.1. The van der Waals surface area contributed by atoms with Crippen molar-refractivity contribution in [3.8, 4) is 0 Å². The summed E-state index contributed by atoms with van der Waals surface area (Å²) in [5, 5.41) is 19.2. The summed E-state index contributed by atoms with van der Waals surface area (Å²) in [7, 11) is 0. The van der Waals surface area contributed by atoms with E-state index in [0.717, 1.165) is 12.8 Å².